The first kappa shape index (κ1) is 14.4. The maximum absolute atomic E-state index is 13.1. The van der Waals surface area contributed by atoms with Gasteiger partial charge in [0, 0.05) is 24.9 Å². The van der Waals surface area contributed by atoms with Crippen LogP contribution in [0.2, 0.25) is 0 Å². The molecule has 0 spiro atoms. The molecule has 2 aromatic rings. The van der Waals surface area contributed by atoms with E-state index in [0.29, 0.717) is 6.54 Å². The molecule has 1 saturated heterocycles. The van der Waals surface area contributed by atoms with Crippen molar-refractivity contribution in [3.05, 3.63) is 47.8 Å². The number of carbonyl (C=O) groups is 1. The van der Waals surface area contributed by atoms with E-state index in [4.69, 9.17) is 0 Å². The van der Waals surface area contributed by atoms with E-state index >= 15 is 0 Å². The van der Waals surface area contributed by atoms with Gasteiger partial charge in [0.15, 0.2) is 0 Å². The number of nitrogens with zero attached hydrogens (tertiary/aromatic N) is 3. The lowest BCUT2D eigenvalue weighted by Crippen LogP contribution is -2.41. The topological polar surface area (TPSA) is 61.9 Å². The summed E-state index contributed by atoms with van der Waals surface area (Å²) in [6.45, 7) is 1.48. The Hall–Kier alpha value is -2.24. The summed E-state index contributed by atoms with van der Waals surface area (Å²) < 4.78 is 13.1. The van der Waals surface area contributed by atoms with Crippen molar-refractivity contribution in [2.45, 2.75) is 31.1 Å². The second-order valence-electron chi connectivity index (χ2n) is 6.48. The third-order valence-electron chi connectivity index (χ3n) is 5.21. The van der Waals surface area contributed by atoms with Crippen LogP contribution in [0.3, 0.4) is 0 Å². The number of nitrogens with one attached hydrogen (secondary N) is 1. The molecule has 3 atom stereocenters. The molecule has 5 nitrogen and oxygen atoms in total. The summed E-state index contributed by atoms with van der Waals surface area (Å²) in [7, 11) is 0. The molecular weight excluding hydrogens is 295 g/mol. The van der Waals surface area contributed by atoms with E-state index in [1.807, 2.05) is 4.90 Å². The Kier molecular flexibility index (Phi) is 3.59. The molecule has 0 bridgehead atoms. The van der Waals surface area contributed by atoms with Crippen molar-refractivity contribution in [3.63, 3.8) is 0 Å². The molecule has 2 heterocycles. The van der Waals surface area contributed by atoms with Gasteiger partial charge < -0.3 is 4.90 Å². The van der Waals surface area contributed by atoms with E-state index < -0.39 is 0 Å². The molecule has 1 amide bonds. The summed E-state index contributed by atoms with van der Waals surface area (Å²) in [5, 5.41) is 6.79. The van der Waals surface area contributed by atoms with Crippen molar-refractivity contribution >= 4 is 5.91 Å². The zero-order valence-electron chi connectivity index (χ0n) is 12.8. The molecule has 23 heavy (non-hydrogen) atoms. The first-order chi connectivity index (χ1) is 11.2. The monoisotopic (exact) mass is 314 g/mol. The Balaban J connectivity index is 1.42. The van der Waals surface area contributed by atoms with Gasteiger partial charge in [-0.1, -0.05) is 12.1 Å². The van der Waals surface area contributed by atoms with Gasteiger partial charge in [-0.15, -0.1) is 0 Å². The average molecular weight is 314 g/mol. The number of rotatable bonds is 3. The van der Waals surface area contributed by atoms with Gasteiger partial charge in [-0.3, -0.25) is 9.89 Å². The predicted octanol–water partition coefficient (Wildman–Crippen LogP) is 2.45. The number of likely N-dealkylation sites (tertiary alicyclic amines) is 1. The van der Waals surface area contributed by atoms with E-state index in [1.165, 1.54) is 18.5 Å². The Morgan fingerprint density at radius 2 is 2.04 bits per heavy atom. The number of aromatic amines is 1. The lowest BCUT2D eigenvalue weighted by Gasteiger charge is -2.38. The van der Waals surface area contributed by atoms with Crippen LogP contribution in [0.1, 0.15) is 42.5 Å². The van der Waals surface area contributed by atoms with Gasteiger partial charge >= 0.3 is 0 Å². The maximum Gasteiger partial charge on any atom is 0.226 e. The molecule has 2 fully saturated rings. The second kappa shape index (κ2) is 5.76. The number of amides is 1. The molecule has 1 aliphatic heterocycles. The van der Waals surface area contributed by atoms with E-state index in [-0.39, 0.29) is 29.5 Å². The summed E-state index contributed by atoms with van der Waals surface area (Å²) >= 11 is 0. The highest BCUT2D eigenvalue weighted by Gasteiger charge is 2.41. The van der Waals surface area contributed by atoms with Crippen molar-refractivity contribution in [2.24, 2.45) is 5.92 Å². The number of H-pyrrole nitrogens is 1. The molecule has 6 heteroatoms. The maximum atomic E-state index is 13.1. The molecule has 1 aromatic heterocycles. The van der Waals surface area contributed by atoms with Gasteiger partial charge in [0.1, 0.15) is 18.0 Å². The van der Waals surface area contributed by atoms with Crippen LogP contribution < -0.4 is 0 Å². The first-order valence-corrected chi connectivity index (χ1v) is 8.12. The van der Waals surface area contributed by atoms with Gasteiger partial charge in [-0.25, -0.2) is 9.37 Å². The fourth-order valence-corrected chi connectivity index (χ4v) is 3.73. The lowest BCUT2D eigenvalue weighted by molar-refractivity contribution is -0.138. The Morgan fingerprint density at radius 3 is 2.70 bits per heavy atom. The highest BCUT2D eigenvalue weighted by atomic mass is 19.1. The zero-order chi connectivity index (χ0) is 15.8. The minimum atomic E-state index is -0.231. The largest absolute Gasteiger partial charge is 0.342 e. The van der Waals surface area contributed by atoms with Crippen LogP contribution in [0, 0.1) is 11.7 Å². The third kappa shape index (κ3) is 2.62. The van der Waals surface area contributed by atoms with Crippen LogP contribution in [0.15, 0.2) is 30.6 Å². The van der Waals surface area contributed by atoms with Crippen LogP contribution in [0.5, 0.6) is 0 Å². The van der Waals surface area contributed by atoms with E-state index in [9.17, 15) is 9.18 Å². The van der Waals surface area contributed by atoms with Gasteiger partial charge in [0.2, 0.25) is 5.91 Å². The van der Waals surface area contributed by atoms with E-state index in [0.717, 1.165) is 37.2 Å². The van der Waals surface area contributed by atoms with Gasteiger partial charge in [0.25, 0.3) is 0 Å². The number of aromatic nitrogens is 3. The van der Waals surface area contributed by atoms with Crippen molar-refractivity contribution in [3.8, 4) is 0 Å². The summed E-state index contributed by atoms with van der Waals surface area (Å²) in [5.74, 6) is 1.38. The third-order valence-corrected chi connectivity index (χ3v) is 5.21. The number of benzene rings is 1. The first-order valence-electron chi connectivity index (χ1n) is 8.12. The normalized spacial score (nSPS) is 27.0. The minimum absolute atomic E-state index is 0.0361. The lowest BCUT2D eigenvalue weighted by atomic mass is 9.69. The summed E-state index contributed by atoms with van der Waals surface area (Å²) in [5.41, 5.74) is 1.07. The number of halogens is 1. The molecule has 2 aliphatic rings. The number of hydrogen-bond acceptors (Lipinski definition) is 3. The Morgan fingerprint density at radius 1 is 1.22 bits per heavy atom. The molecule has 0 radical (unpaired) electrons. The molecule has 1 N–H and O–H groups in total. The van der Waals surface area contributed by atoms with Crippen LogP contribution in [-0.2, 0) is 4.79 Å². The molecule has 120 valence electrons. The van der Waals surface area contributed by atoms with Crippen LogP contribution in [0.25, 0.3) is 0 Å². The fourth-order valence-electron chi connectivity index (χ4n) is 3.73. The van der Waals surface area contributed by atoms with Crippen molar-refractivity contribution in [2.75, 3.05) is 13.1 Å². The molecule has 4 rings (SSSR count). The zero-order valence-corrected chi connectivity index (χ0v) is 12.8. The van der Waals surface area contributed by atoms with Crippen LogP contribution >= 0.6 is 0 Å². The SMILES string of the molecule is O=C(C1CCC1c1ccc(F)cc1)N1CCC(c2ncn[nH]2)C1. The summed E-state index contributed by atoms with van der Waals surface area (Å²) in [6, 6.07) is 6.57. The minimum Gasteiger partial charge on any atom is -0.342 e. The Bertz CT molecular complexity index is 685. The quantitative estimate of drug-likeness (QED) is 0.946. The second-order valence-corrected chi connectivity index (χ2v) is 6.48. The van der Waals surface area contributed by atoms with Gasteiger partial charge in [0.05, 0.1) is 0 Å². The number of hydrogen-bond donors (Lipinski definition) is 1. The smallest absolute Gasteiger partial charge is 0.226 e. The summed E-state index contributed by atoms with van der Waals surface area (Å²) in [6.07, 6.45) is 4.36. The number of carbonyl (C=O) groups excluding carboxylic acids is 1. The van der Waals surface area contributed by atoms with Crippen molar-refractivity contribution in [1.82, 2.24) is 20.1 Å². The average Bonchev–Trinajstić information content (AvgIpc) is 3.19. The molecule has 3 unspecified atom stereocenters. The predicted molar refractivity (Wildman–Crippen MR) is 82.2 cm³/mol. The standard InChI is InChI=1S/C17H19FN4O/c18-13-3-1-11(2-4-13)14-5-6-15(14)17(23)22-8-7-12(9-22)16-19-10-20-21-16/h1-4,10,12,14-15H,5-9H2,(H,19,20,21). The van der Waals surface area contributed by atoms with Crippen molar-refractivity contribution < 1.29 is 9.18 Å². The van der Waals surface area contributed by atoms with Crippen LogP contribution in [0.4, 0.5) is 4.39 Å². The Labute approximate surface area is 133 Å². The van der Waals surface area contributed by atoms with Gasteiger partial charge in [-0.05, 0) is 42.9 Å². The molecular formula is C17H19FN4O. The highest BCUT2D eigenvalue weighted by Crippen LogP contribution is 2.44. The van der Waals surface area contributed by atoms with E-state index in [2.05, 4.69) is 15.2 Å². The molecule has 1 aromatic carbocycles. The highest BCUT2D eigenvalue weighted by molar-refractivity contribution is 5.81. The van der Waals surface area contributed by atoms with E-state index in [1.54, 1.807) is 12.1 Å². The van der Waals surface area contributed by atoms with Gasteiger partial charge in [-0.2, -0.15) is 5.10 Å². The summed E-state index contributed by atoms with van der Waals surface area (Å²) in [4.78, 5) is 19.0. The molecule has 1 saturated carbocycles. The molecule has 1 aliphatic carbocycles. The fraction of sp³-hybridized carbons (Fsp3) is 0.471. The van der Waals surface area contributed by atoms with Crippen molar-refractivity contribution in [1.29, 1.82) is 0 Å². The van der Waals surface area contributed by atoms with Crippen LogP contribution in [-0.4, -0.2) is 39.1 Å².